The van der Waals surface area contributed by atoms with E-state index < -0.39 is 0 Å². The van der Waals surface area contributed by atoms with E-state index in [1.807, 2.05) is 26.0 Å². The van der Waals surface area contributed by atoms with Gasteiger partial charge in [-0.05, 0) is 19.5 Å². The molecule has 0 saturated carbocycles. The van der Waals surface area contributed by atoms with Gasteiger partial charge < -0.3 is 15.1 Å². The molecule has 1 aliphatic rings. The number of anilines is 1. The van der Waals surface area contributed by atoms with E-state index in [1.54, 1.807) is 11.3 Å². The van der Waals surface area contributed by atoms with Crippen molar-refractivity contribution < 1.29 is 0 Å². The zero-order valence-electron chi connectivity index (χ0n) is 15.4. The predicted octanol–water partition coefficient (Wildman–Crippen LogP) is 2.32. The average molecular weight is 466 g/mol. The number of rotatable bonds is 6. The molecule has 1 N–H and O–H groups in total. The van der Waals surface area contributed by atoms with Crippen LogP contribution >= 0.6 is 35.3 Å². The fourth-order valence-electron chi connectivity index (χ4n) is 3.06. The number of thiazole rings is 1. The smallest absolute Gasteiger partial charge is 0.194 e. The molecule has 0 aromatic carbocycles. The summed E-state index contributed by atoms with van der Waals surface area (Å²) in [4.78, 5) is 16.0. The molecule has 2 heterocycles. The largest absolute Gasteiger partial charge is 0.354 e. The van der Waals surface area contributed by atoms with Gasteiger partial charge in [-0.15, -0.1) is 35.3 Å². The number of nitrogens with one attached hydrogen (secondary N) is 1. The Morgan fingerprint density at radius 2 is 2.12 bits per heavy atom. The number of aliphatic imine (C=N–C) groups is 1. The van der Waals surface area contributed by atoms with Crippen molar-refractivity contribution in [3.63, 3.8) is 0 Å². The van der Waals surface area contributed by atoms with Crippen LogP contribution in [0.2, 0.25) is 0 Å². The first kappa shape index (κ1) is 21.4. The summed E-state index contributed by atoms with van der Waals surface area (Å²) in [7, 11) is 5.90. The second-order valence-corrected chi connectivity index (χ2v) is 6.86. The number of guanidine groups is 1. The summed E-state index contributed by atoms with van der Waals surface area (Å²) in [6.45, 7) is 9.57. The summed E-state index contributed by atoms with van der Waals surface area (Å²) in [6, 6.07) is 0.642. The molecule has 138 valence electrons. The minimum atomic E-state index is 0. The van der Waals surface area contributed by atoms with Crippen LogP contribution in [0.4, 0.5) is 5.13 Å². The van der Waals surface area contributed by atoms with Gasteiger partial charge in [0.05, 0.1) is 12.2 Å². The number of aromatic nitrogens is 1. The topological polar surface area (TPSA) is 47.0 Å². The molecule has 1 fully saturated rings. The lowest BCUT2D eigenvalue weighted by Gasteiger charge is -2.27. The van der Waals surface area contributed by atoms with E-state index in [1.165, 1.54) is 6.42 Å². The Morgan fingerprint density at radius 3 is 2.67 bits per heavy atom. The van der Waals surface area contributed by atoms with E-state index >= 15 is 0 Å². The summed E-state index contributed by atoms with van der Waals surface area (Å²) in [5.74, 6) is 0.985. The summed E-state index contributed by atoms with van der Waals surface area (Å²) in [5.41, 5.74) is 1.07. The van der Waals surface area contributed by atoms with Crippen LogP contribution in [0.3, 0.4) is 0 Å². The van der Waals surface area contributed by atoms with E-state index in [0.29, 0.717) is 6.04 Å². The van der Waals surface area contributed by atoms with Crippen LogP contribution in [0, 0.1) is 0 Å². The maximum absolute atomic E-state index is 4.61. The van der Waals surface area contributed by atoms with Crippen LogP contribution in [0.15, 0.2) is 10.4 Å². The summed E-state index contributed by atoms with van der Waals surface area (Å²) < 4.78 is 0. The first-order valence-corrected chi connectivity index (χ1v) is 9.28. The molecule has 0 bridgehead atoms. The van der Waals surface area contributed by atoms with Crippen LogP contribution in [0.5, 0.6) is 0 Å². The Bertz CT molecular complexity index is 514. The van der Waals surface area contributed by atoms with Crippen molar-refractivity contribution in [3.05, 3.63) is 11.1 Å². The van der Waals surface area contributed by atoms with Crippen molar-refractivity contribution in [2.75, 3.05) is 52.2 Å². The van der Waals surface area contributed by atoms with E-state index in [0.717, 1.165) is 49.5 Å². The number of nitrogens with zero attached hydrogens (tertiary/aromatic N) is 5. The lowest BCUT2D eigenvalue weighted by Crippen LogP contribution is -2.43. The highest BCUT2D eigenvalue weighted by Gasteiger charge is 2.27. The Hall–Kier alpha value is -0.610. The minimum absolute atomic E-state index is 0. The van der Waals surface area contributed by atoms with Crippen molar-refractivity contribution >= 4 is 46.4 Å². The highest BCUT2D eigenvalue weighted by Crippen LogP contribution is 2.18. The normalized spacial score (nSPS) is 18.0. The quantitative estimate of drug-likeness (QED) is 0.396. The molecule has 1 unspecified atom stereocenters. The molecule has 2 rings (SSSR count). The van der Waals surface area contributed by atoms with Gasteiger partial charge in [0.15, 0.2) is 11.1 Å². The SMILES string of the molecule is CCN(CC)C1CCN(C(=NC)NCc2csc(N(C)C)n2)C1.I. The van der Waals surface area contributed by atoms with Crippen molar-refractivity contribution in [3.8, 4) is 0 Å². The van der Waals surface area contributed by atoms with Crippen LogP contribution in [-0.2, 0) is 6.54 Å². The van der Waals surface area contributed by atoms with Crippen LogP contribution in [-0.4, -0.2) is 74.1 Å². The van der Waals surface area contributed by atoms with Crippen molar-refractivity contribution in [1.29, 1.82) is 0 Å². The Kier molecular flexibility index (Phi) is 9.28. The van der Waals surface area contributed by atoms with Crippen molar-refractivity contribution in [1.82, 2.24) is 20.1 Å². The molecule has 1 atom stereocenters. The van der Waals surface area contributed by atoms with Gasteiger partial charge in [-0.2, -0.15) is 0 Å². The van der Waals surface area contributed by atoms with E-state index in [2.05, 4.69) is 44.3 Å². The van der Waals surface area contributed by atoms with Gasteiger partial charge in [-0.3, -0.25) is 9.89 Å². The zero-order chi connectivity index (χ0) is 16.8. The van der Waals surface area contributed by atoms with Crippen molar-refractivity contribution in [2.45, 2.75) is 32.9 Å². The molecule has 24 heavy (non-hydrogen) atoms. The van der Waals surface area contributed by atoms with Crippen LogP contribution in [0.25, 0.3) is 0 Å². The fourth-order valence-corrected chi connectivity index (χ4v) is 3.82. The molecule has 8 heteroatoms. The predicted molar refractivity (Wildman–Crippen MR) is 115 cm³/mol. The minimum Gasteiger partial charge on any atom is -0.354 e. The first-order valence-electron chi connectivity index (χ1n) is 8.40. The lowest BCUT2D eigenvalue weighted by molar-refractivity contribution is 0.223. The Labute approximate surface area is 167 Å². The van der Waals surface area contributed by atoms with Gasteiger partial charge in [0.1, 0.15) is 0 Å². The maximum Gasteiger partial charge on any atom is 0.194 e. The van der Waals surface area contributed by atoms with Gasteiger partial charge in [-0.1, -0.05) is 13.8 Å². The van der Waals surface area contributed by atoms with Gasteiger partial charge in [0.25, 0.3) is 0 Å². The van der Waals surface area contributed by atoms with Gasteiger partial charge in [-0.25, -0.2) is 4.98 Å². The third kappa shape index (κ3) is 5.45. The monoisotopic (exact) mass is 466 g/mol. The lowest BCUT2D eigenvalue weighted by atomic mass is 10.2. The second kappa shape index (κ2) is 10.4. The van der Waals surface area contributed by atoms with Gasteiger partial charge >= 0.3 is 0 Å². The van der Waals surface area contributed by atoms with Crippen molar-refractivity contribution in [2.24, 2.45) is 4.99 Å². The number of hydrogen-bond donors (Lipinski definition) is 1. The number of halogens is 1. The Balaban J connectivity index is 0.00000288. The molecule has 1 aromatic heterocycles. The van der Waals surface area contributed by atoms with E-state index in [-0.39, 0.29) is 24.0 Å². The van der Waals surface area contributed by atoms with E-state index in [9.17, 15) is 0 Å². The average Bonchev–Trinajstić information content (AvgIpc) is 3.19. The summed E-state index contributed by atoms with van der Waals surface area (Å²) in [6.07, 6.45) is 1.21. The van der Waals surface area contributed by atoms with Gasteiger partial charge in [0.2, 0.25) is 0 Å². The molecule has 1 aliphatic heterocycles. The number of likely N-dealkylation sites (tertiary alicyclic amines) is 1. The molecule has 0 radical (unpaired) electrons. The highest BCUT2D eigenvalue weighted by molar-refractivity contribution is 14.0. The summed E-state index contributed by atoms with van der Waals surface area (Å²) in [5, 5.41) is 6.61. The second-order valence-electron chi connectivity index (χ2n) is 6.03. The van der Waals surface area contributed by atoms with Crippen LogP contribution in [0.1, 0.15) is 26.0 Å². The third-order valence-corrected chi connectivity index (χ3v) is 5.41. The molecule has 6 nitrogen and oxygen atoms in total. The number of likely N-dealkylation sites (N-methyl/N-ethyl adjacent to an activating group) is 1. The van der Waals surface area contributed by atoms with Crippen LogP contribution < -0.4 is 10.2 Å². The molecule has 0 amide bonds. The molecular weight excluding hydrogens is 435 g/mol. The first-order chi connectivity index (χ1) is 11.1. The molecule has 1 saturated heterocycles. The molecular formula is C16H31IN6S. The molecule has 0 spiro atoms. The van der Waals surface area contributed by atoms with Gasteiger partial charge in [0, 0.05) is 45.7 Å². The highest BCUT2D eigenvalue weighted by atomic mass is 127. The Morgan fingerprint density at radius 1 is 1.42 bits per heavy atom. The number of hydrogen-bond acceptors (Lipinski definition) is 5. The molecule has 1 aromatic rings. The third-order valence-electron chi connectivity index (χ3n) is 4.35. The standard InChI is InChI=1S/C16H30N6S.HI/c1-6-21(7-2)14-8-9-22(11-14)15(17-3)18-10-13-12-23-16(19-13)20(4)5;/h12,14H,6-11H2,1-5H3,(H,17,18);1H. The fraction of sp³-hybridized carbons (Fsp3) is 0.750. The van der Waals surface area contributed by atoms with E-state index in [4.69, 9.17) is 0 Å². The maximum atomic E-state index is 4.61. The zero-order valence-corrected chi connectivity index (χ0v) is 18.6. The molecule has 0 aliphatic carbocycles. The summed E-state index contributed by atoms with van der Waals surface area (Å²) >= 11 is 1.67.